The molecule has 0 aliphatic rings. The van der Waals surface area contributed by atoms with E-state index in [9.17, 15) is 0 Å². The Kier molecular flexibility index (Phi) is 7.63. The molecule has 0 heterocycles. The first-order chi connectivity index (χ1) is 23.3. The molecule has 222 valence electrons. The predicted octanol–water partition coefficient (Wildman–Crippen LogP) is 13.0. The highest BCUT2D eigenvalue weighted by atomic mass is 15.1. The van der Waals surface area contributed by atoms with Crippen LogP contribution in [0.5, 0.6) is 0 Å². The molecule has 0 aliphatic heterocycles. The van der Waals surface area contributed by atoms with Gasteiger partial charge in [-0.25, -0.2) is 0 Å². The summed E-state index contributed by atoms with van der Waals surface area (Å²) in [4.78, 5) is 2.34. The van der Waals surface area contributed by atoms with Crippen LogP contribution in [-0.2, 0) is 0 Å². The van der Waals surface area contributed by atoms with Crippen LogP contribution in [0.4, 0.5) is 17.1 Å². The van der Waals surface area contributed by atoms with Gasteiger partial charge in [0, 0.05) is 17.1 Å². The summed E-state index contributed by atoms with van der Waals surface area (Å²) in [5, 5.41) is 2.50. The minimum atomic E-state index is 1.11. The Bertz CT molecular complexity index is 2150. The lowest BCUT2D eigenvalue weighted by atomic mass is 9.89. The van der Waals surface area contributed by atoms with E-state index in [-0.39, 0.29) is 0 Å². The van der Waals surface area contributed by atoms with Crippen molar-refractivity contribution in [1.82, 2.24) is 0 Å². The van der Waals surface area contributed by atoms with Gasteiger partial charge in [-0.05, 0) is 91.7 Å². The molecule has 47 heavy (non-hydrogen) atoms. The molecule has 1 nitrogen and oxygen atoms in total. The Labute approximate surface area is 276 Å². The minimum Gasteiger partial charge on any atom is -0.311 e. The Morgan fingerprint density at radius 2 is 0.638 bits per heavy atom. The average molecular weight is 600 g/mol. The second kappa shape index (κ2) is 12.7. The maximum atomic E-state index is 2.34. The second-order valence-electron chi connectivity index (χ2n) is 11.8. The van der Waals surface area contributed by atoms with Crippen LogP contribution in [0.15, 0.2) is 200 Å². The quantitative estimate of drug-likeness (QED) is 0.176. The summed E-state index contributed by atoms with van der Waals surface area (Å²) in [5.74, 6) is 0. The summed E-state index contributed by atoms with van der Waals surface area (Å²) in [5.41, 5.74) is 13.1. The van der Waals surface area contributed by atoms with Gasteiger partial charge in [0.15, 0.2) is 0 Å². The van der Waals surface area contributed by atoms with Crippen molar-refractivity contribution in [2.45, 2.75) is 0 Å². The zero-order valence-electron chi connectivity index (χ0n) is 26.0. The van der Waals surface area contributed by atoms with E-state index in [1.54, 1.807) is 0 Å². The normalized spacial score (nSPS) is 11.0. The summed E-state index contributed by atoms with van der Waals surface area (Å²) in [6.07, 6.45) is 0. The topological polar surface area (TPSA) is 3.24 Å². The van der Waals surface area contributed by atoms with Crippen molar-refractivity contribution in [2.75, 3.05) is 4.90 Å². The molecule has 0 unspecified atom stereocenters. The molecule has 0 amide bonds. The van der Waals surface area contributed by atoms with E-state index >= 15 is 0 Å². The molecule has 0 aliphatic carbocycles. The molecule has 8 rings (SSSR count). The fraction of sp³-hybridized carbons (Fsp3) is 0. The van der Waals surface area contributed by atoms with Crippen molar-refractivity contribution in [3.05, 3.63) is 200 Å². The third kappa shape index (κ3) is 5.72. The number of nitrogens with zero attached hydrogens (tertiary/aromatic N) is 1. The Hall–Kier alpha value is -6.18. The summed E-state index contributed by atoms with van der Waals surface area (Å²) in [6, 6.07) is 71.8. The lowest BCUT2D eigenvalue weighted by Gasteiger charge is -2.26. The van der Waals surface area contributed by atoms with Crippen molar-refractivity contribution >= 4 is 27.8 Å². The van der Waals surface area contributed by atoms with Crippen molar-refractivity contribution in [3.8, 4) is 44.5 Å². The van der Waals surface area contributed by atoms with Crippen LogP contribution in [-0.4, -0.2) is 0 Å². The summed E-state index contributed by atoms with van der Waals surface area (Å²) in [6.45, 7) is 0. The van der Waals surface area contributed by atoms with Crippen LogP contribution in [0.25, 0.3) is 55.3 Å². The first-order valence-corrected chi connectivity index (χ1v) is 16.1. The Morgan fingerprint density at radius 1 is 0.255 bits per heavy atom. The molecule has 0 fully saturated rings. The van der Waals surface area contributed by atoms with Gasteiger partial charge in [-0.3, -0.25) is 0 Å². The molecular weight excluding hydrogens is 567 g/mol. The van der Waals surface area contributed by atoms with E-state index in [2.05, 4.69) is 205 Å². The highest BCUT2D eigenvalue weighted by Crippen LogP contribution is 2.41. The lowest BCUT2D eigenvalue weighted by Crippen LogP contribution is -2.09. The number of hydrogen-bond donors (Lipinski definition) is 0. The predicted molar refractivity (Wildman–Crippen MR) is 200 cm³/mol. The van der Waals surface area contributed by atoms with Crippen LogP contribution in [0.2, 0.25) is 0 Å². The van der Waals surface area contributed by atoms with Gasteiger partial charge in [-0.2, -0.15) is 0 Å². The molecule has 8 aromatic carbocycles. The molecule has 0 atom stereocenters. The van der Waals surface area contributed by atoms with Crippen LogP contribution in [0.1, 0.15) is 0 Å². The molecule has 0 radical (unpaired) electrons. The van der Waals surface area contributed by atoms with E-state index in [0.717, 1.165) is 17.1 Å². The van der Waals surface area contributed by atoms with Gasteiger partial charge in [-0.1, -0.05) is 164 Å². The van der Waals surface area contributed by atoms with Crippen molar-refractivity contribution in [1.29, 1.82) is 0 Å². The zero-order chi connectivity index (χ0) is 31.4. The van der Waals surface area contributed by atoms with E-state index in [1.165, 1.54) is 55.3 Å². The van der Waals surface area contributed by atoms with Gasteiger partial charge in [0.25, 0.3) is 0 Å². The van der Waals surface area contributed by atoms with Crippen LogP contribution < -0.4 is 4.90 Å². The molecule has 0 bridgehead atoms. The first-order valence-electron chi connectivity index (χ1n) is 16.1. The number of anilines is 3. The number of fused-ring (bicyclic) bond motifs is 1. The van der Waals surface area contributed by atoms with Gasteiger partial charge < -0.3 is 4.90 Å². The highest BCUT2D eigenvalue weighted by Gasteiger charge is 2.16. The summed E-state index contributed by atoms with van der Waals surface area (Å²) >= 11 is 0. The molecule has 0 spiro atoms. The fourth-order valence-corrected chi connectivity index (χ4v) is 6.53. The second-order valence-corrected chi connectivity index (χ2v) is 11.8. The maximum Gasteiger partial charge on any atom is 0.0462 e. The molecule has 0 saturated heterocycles. The molecule has 8 aromatic rings. The molecule has 0 saturated carbocycles. The van der Waals surface area contributed by atoms with Gasteiger partial charge in [-0.15, -0.1) is 0 Å². The van der Waals surface area contributed by atoms with E-state index in [4.69, 9.17) is 0 Å². The highest BCUT2D eigenvalue weighted by molar-refractivity contribution is 6.04. The summed E-state index contributed by atoms with van der Waals surface area (Å²) in [7, 11) is 0. The van der Waals surface area contributed by atoms with Crippen molar-refractivity contribution < 1.29 is 0 Å². The van der Waals surface area contributed by atoms with Crippen LogP contribution in [0.3, 0.4) is 0 Å². The van der Waals surface area contributed by atoms with Crippen LogP contribution in [0, 0.1) is 0 Å². The van der Waals surface area contributed by atoms with Crippen molar-refractivity contribution in [3.63, 3.8) is 0 Å². The number of rotatable bonds is 7. The molecule has 1 heteroatoms. The van der Waals surface area contributed by atoms with Crippen LogP contribution >= 0.6 is 0 Å². The van der Waals surface area contributed by atoms with E-state index in [0.29, 0.717) is 0 Å². The number of benzene rings is 8. The molecule has 0 aromatic heterocycles. The van der Waals surface area contributed by atoms with E-state index in [1.807, 2.05) is 0 Å². The van der Waals surface area contributed by atoms with Gasteiger partial charge in [0.05, 0.1) is 0 Å². The van der Waals surface area contributed by atoms with E-state index < -0.39 is 0 Å². The third-order valence-corrected chi connectivity index (χ3v) is 8.89. The average Bonchev–Trinajstić information content (AvgIpc) is 3.16. The monoisotopic (exact) mass is 599 g/mol. The Morgan fingerprint density at radius 3 is 1.13 bits per heavy atom. The van der Waals surface area contributed by atoms with Gasteiger partial charge in [0.2, 0.25) is 0 Å². The summed E-state index contributed by atoms with van der Waals surface area (Å²) < 4.78 is 0. The molecule has 0 N–H and O–H groups in total. The van der Waals surface area contributed by atoms with Gasteiger partial charge in [0.1, 0.15) is 0 Å². The smallest absolute Gasteiger partial charge is 0.0462 e. The molecular formula is C46H33N. The maximum absolute atomic E-state index is 2.34. The Balaban J connectivity index is 1.22. The standard InChI is InChI=1S/C46H33N/c1-4-12-34(13-5-1)36-20-27-41(28-21-36)47(42-29-22-37(23-30-42)35-14-6-2-7-15-35)43-31-24-40(25-32-43)46-44-19-11-10-18-39(44)26-33-45(46)38-16-8-3-9-17-38/h1-33H. The number of hydrogen-bond acceptors (Lipinski definition) is 1. The zero-order valence-corrected chi connectivity index (χ0v) is 26.0. The fourth-order valence-electron chi connectivity index (χ4n) is 6.53. The van der Waals surface area contributed by atoms with Crippen molar-refractivity contribution in [2.24, 2.45) is 0 Å². The van der Waals surface area contributed by atoms with Gasteiger partial charge >= 0.3 is 0 Å². The SMILES string of the molecule is c1ccc(-c2ccc(N(c3ccc(-c4ccccc4)cc3)c3ccc(-c4c(-c5ccccc5)ccc5ccccc45)cc3)cc2)cc1. The first kappa shape index (κ1) is 28.3. The third-order valence-electron chi connectivity index (χ3n) is 8.89. The lowest BCUT2D eigenvalue weighted by molar-refractivity contribution is 1.28. The largest absolute Gasteiger partial charge is 0.311 e. The minimum absolute atomic E-state index is 1.11.